The minimum atomic E-state index is -0.208. The molecule has 0 saturated carbocycles. The van der Waals surface area contributed by atoms with E-state index >= 15 is 0 Å². The van der Waals surface area contributed by atoms with Crippen LogP contribution >= 0.6 is 11.8 Å². The predicted octanol–water partition coefficient (Wildman–Crippen LogP) is 3.16. The summed E-state index contributed by atoms with van der Waals surface area (Å²) in [6, 6.07) is 18.1. The van der Waals surface area contributed by atoms with Crippen molar-refractivity contribution in [2.24, 2.45) is 5.73 Å². The third-order valence-corrected chi connectivity index (χ3v) is 5.65. The standard InChI is InChI=1S/C20H25N3OS/c1-14(20(24)22-16-8-10-17(25-2)11-9-16)23-12-18(19(21)13-23)15-6-4-3-5-7-15/h3-11,14,18-19H,12-13,21H2,1-2H3,(H,22,24)/t14?,18-,19+/m0/s1. The summed E-state index contributed by atoms with van der Waals surface area (Å²) in [4.78, 5) is 16.0. The number of hydrogen-bond acceptors (Lipinski definition) is 4. The van der Waals surface area contributed by atoms with E-state index in [0.717, 1.165) is 18.8 Å². The molecule has 1 unspecified atom stereocenters. The van der Waals surface area contributed by atoms with Gasteiger partial charge in [-0.1, -0.05) is 30.3 Å². The topological polar surface area (TPSA) is 58.4 Å². The number of carbonyl (C=O) groups is 1. The van der Waals surface area contributed by atoms with Gasteiger partial charge < -0.3 is 11.1 Å². The SMILES string of the molecule is CSc1ccc(NC(=O)C(C)N2C[C@@H](N)[C@H](c3ccccc3)C2)cc1. The number of amides is 1. The molecule has 0 bridgehead atoms. The van der Waals surface area contributed by atoms with Crippen LogP contribution < -0.4 is 11.1 Å². The van der Waals surface area contributed by atoms with E-state index in [0.29, 0.717) is 0 Å². The highest BCUT2D eigenvalue weighted by molar-refractivity contribution is 7.98. The molecule has 2 aromatic carbocycles. The summed E-state index contributed by atoms with van der Waals surface area (Å²) in [6.07, 6.45) is 2.04. The van der Waals surface area contributed by atoms with Crippen LogP contribution in [-0.4, -0.2) is 42.2 Å². The molecule has 132 valence electrons. The zero-order valence-electron chi connectivity index (χ0n) is 14.7. The van der Waals surface area contributed by atoms with Crippen LogP contribution in [0.15, 0.2) is 59.5 Å². The van der Waals surface area contributed by atoms with Crippen molar-refractivity contribution in [3.63, 3.8) is 0 Å². The van der Waals surface area contributed by atoms with E-state index in [-0.39, 0.29) is 23.9 Å². The lowest BCUT2D eigenvalue weighted by Gasteiger charge is -2.23. The van der Waals surface area contributed by atoms with Gasteiger partial charge in [0.1, 0.15) is 0 Å². The summed E-state index contributed by atoms with van der Waals surface area (Å²) in [7, 11) is 0. The molecule has 0 spiro atoms. The van der Waals surface area contributed by atoms with Crippen LogP contribution in [0, 0.1) is 0 Å². The van der Waals surface area contributed by atoms with Gasteiger partial charge in [-0.25, -0.2) is 0 Å². The first-order valence-electron chi connectivity index (χ1n) is 8.58. The molecule has 0 radical (unpaired) electrons. The van der Waals surface area contributed by atoms with Crippen LogP contribution in [-0.2, 0) is 4.79 Å². The van der Waals surface area contributed by atoms with E-state index < -0.39 is 0 Å². The Hall–Kier alpha value is -1.82. The van der Waals surface area contributed by atoms with Gasteiger partial charge in [-0.05, 0) is 43.0 Å². The number of nitrogens with two attached hydrogens (primary N) is 1. The highest BCUT2D eigenvalue weighted by Crippen LogP contribution is 2.28. The second-order valence-corrected chi connectivity index (χ2v) is 7.41. The molecule has 1 aliphatic heterocycles. The van der Waals surface area contributed by atoms with Gasteiger partial charge >= 0.3 is 0 Å². The lowest BCUT2D eigenvalue weighted by Crippen LogP contribution is -2.41. The Kier molecular flexibility index (Phi) is 5.78. The van der Waals surface area contributed by atoms with Crippen LogP contribution in [0.5, 0.6) is 0 Å². The first-order valence-corrected chi connectivity index (χ1v) is 9.80. The van der Waals surface area contributed by atoms with Crippen molar-refractivity contribution in [2.75, 3.05) is 24.7 Å². The smallest absolute Gasteiger partial charge is 0.241 e. The molecule has 2 aromatic rings. The van der Waals surface area contributed by atoms with E-state index in [1.165, 1.54) is 10.5 Å². The first kappa shape index (κ1) is 18.0. The number of carbonyl (C=O) groups excluding carboxylic acids is 1. The maximum Gasteiger partial charge on any atom is 0.241 e. The Balaban J connectivity index is 1.62. The van der Waals surface area contributed by atoms with Crippen molar-refractivity contribution >= 4 is 23.4 Å². The van der Waals surface area contributed by atoms with Crippen LogP contribution in [0.3, 0.4) is 0 Å². The van der Waals surface area contributed by atoms with Gasteiger partial charge in [0.25, 0.3) is 0 Å². The largest absolute Gasteiger partial charge is 0.326 e. The third kappa shape index (κ3) is 4.24. The molecule has 25 heavy (non-hydrogen) atoms. The quantitative estimate of drug-likeness (QED) is 0.809. The van der Waals surface area contributed by atoms with Crippen molar-refractivity contribution in [1.29, 1.82) is 0 Å². The number of likely N-dealkylation sites (tertiary alicyclic amines) is 1. The van der Waals surface area contributed by atoms with E-state index in [1.54, 1.807) is 11.8 Å². The number of anilines is 1. The van der Waals surface area contributed by atoms with Crippen molar-refractivity contribution in [3.8, 4) is 0 Å². The average Bonchev–Trinajstić information content (AvgIpc) is 3.04. The Labute approximate surface area is 153 Å². The van der Waals surface area contributed by atoms with E-state index in [9.17, 15) is 4.79 Å². The number of thioether (sulfide) groups is 1. The average molecular weight is 356 g/mol. The van der Waals surface area contributed by atoms with Crippen molar-refractivity contribution in [2.45, 2.75) is 29.8 Å². The number of nitrogens with zero attached hydrogens (tertiary/aromatic N) is 1. The fourth-order valence-corrected chi connectivity index (χ4v) is 3.72. The Morgan fingerprint density at radius 2 is 1.84 bits per heavy atom. The monoisotopic (exact) mass is 355 g/mol. The minimum absolute atomic E-state index is 0.0119. The number of hydrogen-bond donors (Lipinski definition) is 2. The van der Waals surface area contributed by atoms with Gasteiger partial charge in [-0.15, -0.1) is 11.8 Å². The van der Waals surface area contributed by atoms with Gasteiger partial charge in [0.15, 0.2) is 0 Å². The minimum Gasteiger partial charge on any atom is -0.326 e. The molecule has 1 fully saturated rings. The molecule has 1 amide bonds. The molecule has 0 aliphatic carbocycles. The number of benzene rings is 2. The Morgan fingerprint density at radius 1 is 1.16 bits per heavy atom. The lowest BCUT2D eigenvalue weighted by atomic mass is 9.95. The van der Waals surface area contributed by atoms with E-state index in [1.807, 2.05) is 55.6 Å². The molecule has 1 saturated heterocycles. The Morgan fingerprint density at radius 3 is 2.48 bits per heavy atom. The van der Waals surface area contributed by atoms with Crippen molar-refractivity contribution in [3.05, 3.63) is 60.2 Å². The van der Waals surface area contributed by atoms with Crippen LogP contribution in [0.4, 0.5) is 5.69 Å². The maximum absolute atomic E-state index is 12.6. The first-order chi connectivity index (χ1) is 12.1. The second kappa shape index (κ2) is 8.04. The van der Waals surface area contributed by atoms with Gasteiger partial charge in [0, 0.05) is 35.6 Å². The van der Waals surface area contributed by atoms with Crippen LogP contribution in [0.1, 0.15) is 18.4 Å². The molecule has 1 aliphatic rings. The number of rotatable bonds is 5. The molecule has 5 heteroatoms. The van der Waals surface area contributed by atoms with E-state index in [2.05, 4.69) is 22.3 Å². The summed E-state index contributed by atoms with van der Waals surface area (Å²) in [6.45, 7) is 3.50. The van der Waals surface area contributed by atoms with Crippen molar-refractivity contribution < 1.29 is 4.79 Å². The molecule has 3 rings (SSSR count). The molecule has 3 N–H and O–H groups in total. The molecule has 1 heterocycles. The van der Waals surface area contributed by atoms with Gasteiger partial charge in [0.05, 0.1) is 6.04 Å². The molecule has 3 atom stereocenters. The zero-order chi connectivity index (χ0) is 17.8. The van der Waals surface area contributed by atoms with Crippen molar-refractivity contribution in [1.82, 2.24) is 4.90 Å². The molecule has 0 aromatic heterocycles. The fourth-order valence-electron chi connectivity index (χ4n) is 3.32. The van der Waals surface area contributed by atoms with Gasteiger partial charge in [-0.2, -0.15) is 0 Å². The highest BCUT2D eigenvalue weighted by atomic mass is 32.2. The maximum atomic E-state index is 12.6. The zero-order valence-corrected chi connectivity index (χ0v) is 15.5. The van der Waals surface area contributed by atoms with Crippen LogP contribution in [0.25, 0.3) is 0 Å². The summed E-state index contributed by atoms with van der Waals surface area (Å²) < 4.78 is 0. The summed E-state index contributed by atoms with van der Waals surface area (Å²) in [5.74, 6) is 0.287. The highest BCUT2D eigenvalue weighted by Gasteiger charge is 2.35. The molecule has 4 nitrogen and oxygen atoms in total. The second-order valence-electron chi connectivity index (χ2n) is 6.53. The molecular formula is C20H25N3OS. The van der Waals surface area contributed by atoms with Crippen LogP contribution in [0.2, 0.25) is 0 Å². The van der Waals surface area contributed by atoms with Gasteiger partial charge in [-0.3, -0.25) is 9.69 Å². The normalized spacial score (nSPS) is 21.9. The summed E-state index contributed by atoms with van der Waals surface area (Å²) in [5, 5.41) is 3.01. The summed E-state index contributed by atoms with van der Waals surface area (Å²) >= 11 is 1.69. The summed E-state index contributed by atoms with van der Waals surface area (Å²) in [5.41, 5.74) is 8.43. The van der Waals surface area contributed by atoms with Gasteiger partial charge in [0.2, 0.25) is 5.91 Å². The third-order valence-electron chi connectivity index (χ3n) is 4.91. The van der Waals surface area contributed by atoms with E-state index in [4.69, 9.17) is 5.73 Å². The fraction of sp³-hybridized carbons (Fsp3) is 0.350. The number of nitrogens with one attached hydrogen (secondary N) is 1. The predicted molar refractivity (Wildman–Crippen MR) is 105 cm³/mol. The Bertz CT molecular complexity index is 705. The molecular weight excluding hydrogens is 330 g/mol. The lowest BCUT2D eigenvalue weighted by molar-refractivity contribution is -0.120.